The molecule has 1 aliphatic rings. The Balaban J connectivity index is -0.000000205. The number of amides is 1. The lowest BCUT2D eigenvalue weighted by molar-refractivity contribution is -0.155. The number of ketones is 1. The van der Waals surface area contributed by atoms with Crippen molar-refractivity contribution < 1.29 is 57.2 Å². The molecule has 1 saturated heterocycles. The van der Waals surface area contributed by atoms with Gasteiger partial charge in [0, 0.05) is 56.4 Å². The standard InChI is InChI=1S/C37H67NO7.C16H30O4.C13H26O.6C2H6/c1-5-9-11-13-15-17-22-35(40)43-28-32(29-44-36(41)23-18-16-14-12-10-6-2)27-37(42)45-30-33-21-19-26-38(33)34(39)25-24-31(8-4)20-7-3;1-4-6-7-8-9-10-11-15(17)20-13-14(5-2)12-16(18)19-3;1-4-6-7-8-9-10-11-13(14)12(3)5-2;6*1-2/h31-33H,5-30H2,1-4H3;14H,4-13H2,1-3H3;12H,4-11H2,1-3H3;6*1-2H3. The van der Waals surface area contributed by atoms with Gasteiger partial charge in [0.15, 0.2) is 0 Å². The topological polar surface area (TPSA) is 169 Å². The van der Waals surface area contributed by atoms with Crippen LogP contribution in [0.2, 0.25) is 0 Å². The number of rotatable bonds is 49. The third kappa shape index (κ3) is 75.4. The minimum atomic E-state index is -0.467. The molecule has 0 radical (unpaired) electrons. The van der Waals surface area contributed by atoms with Crippen LogP contribution in [0, 0.1) is 23.7 Å². The van der Waals surface area contributed by atoms with Crippen LogP contribution in [0.15, 0.2) is 0 Å². The molecular weight excluding hydrogens is 1140 g/mol. The molecular formula is C78H159NO12. The molecule has 0 bridgehead atoms. The van der Waals surface area contributed by atoms with E-state index in [0.29, 0.717) is 57.0 Å². The normalized spacial score (nSPS) is 12.6. The first kappa shape index (κ1) is 104. The number of ether oxygens (including phenoxy) is 5. The highest BCUT2D eigenvalue weighted by atomic mass is 16.6. The number of likely N-dealkylation sites (tertiary alicyclic amines) is 1. The maximum atomic E-state index is 13.0. The van der Waals surface area contributed by atoms with E-state index in [-0.39, 0.29) is 73.9 Å². The molecule has 0 N–H and O–H groups in total. The minimum Gasteiger partial charge on any atom is -0.469 e. The van der Waals surface area contributed by atoms with Gasteiger partial charge in [0.2, 0.25) is 5.91 Å². The maximum absolute atomic E-state index is 13.0. The predicted molar refractivity (Wildman–Crippen MR) is 390 cm³/mol. The van der Waals surface area contributed by atoms with E-state index in [1.54, 1.807) is 0 Å². The van der Waals surface area contributed by atoms with E-state index in [4.69, 9.17) is 18.9 Å². The highest BCUT2D eigenvalue weighted by Crippen LogP contribution is 2.24. The fourth-order valence-electron chi connectivity index (χ4n) is 9.61. The Hall–Kier alpha value is -3.51. The van der Waals surface area contributed by atoms with Gasteiger partial charge in [0.1, 0.15) is 12.4 Å². The smallest absolute Gasteiger partial charge is 0.306 e. The summed E-state index contributed by atoms with van der Waals surface area (Å²) in [6.45, 7) is 44.5. The molecule has 548 valence electrons. The van der Waals surface area contributed by atoms with Crippen molar-refractivity contribution in [2.24, 2.45) is 23.7 Å². The van der Waals surface area contributed by atoms with Crippen molar-refractivity contribution in [3.63, 3.8) is 0 Å². The van der Waals surface area contributed by atoms with Crippen molar-refractivity contribution in [3.8, 4) is 0 Å². The van der Waals surface area contributed by atoms with Crippen molar-refractivity contribution in [1.82, 2.24) is 4.90 Å². The Morgan fingerprint density at radius 3 is 1.08 bits per heavy atom. The lowest BCUT2D eigenvalue weighted by atomic mass is 9.95. The summed E-state index contributed by atoms with van der Waals surface area (Å²) in [6, 6.07) is -0.101. The van der Waals surface area contributed by atoms with Gasteiger partial charge in [-0.05, 0) is 63.7 Å². The van der Waals surface area contributed by atoms with Crippen LogP contribution >= 0.6 is 0 Å². The summed E-state index contributed by atoms with van der Waals surface area (Å²) in [5.74, 6) is -0.321. The first-order valence-electron chi connectivity index (χ1n) is 38.7. The second-order valence-corrected chi connectivity index (χ2v) is 22.7. The average molecular weight is 1300 g/mol. The first-order chi connectivity index (χ1) is 44.2. The number of unbranched alkanes of at least 4 members (excludes halogenated alkanes) is 20. The number of hydrogen-bond acceptors (Lipinski definition) is 12. The molecule has 1 amide bonds. The first-order valence-corrected chi connectivity index (χ1v) is 38.7. The summed E-state index contributed by atoms with van der Waals surface area (Å²) in [5, 5.41) is 0. The number of hydrogen-bond donors (Lipinski definition) is 0. The number of methoxy groups -OCH3 is 1. The quantitative estimate of drug-likeness (QED) is 0.0321. The van der Waals surface area contributed by atoms with E-state index in [1.165, 1.54) is 103 Å². The second-order valence-electron chi connectivity index (χ2n) is 22.7. The van der Waals surface area contributed by atoms with Gasteiger partial charge in [-0.15, -0.1) is 0 Å². The molecule has 13 heteroatoms. The van der Waals surface area contributed by atoms with E-state index < -0.39 is 11.9 Å². The molecule has 4 atom stereocenters. The zero-order chi connectivity index (χ0) is 71.2. The molecule has 1 heterocycles. The van der Waals surface area contributed by atoms with Crippen molar-refractivity contribution in [2.45, 2.75) is 402 Å². The zero-order valence-electron chi connectivity index (χ0n) is 64.8. The van der Waals surface area contributed by atoms with Gasteiger partial charge < -0.3 is 28.6 Å². The van der Waals surface area contributed by atoms with Gasteiger partial charge in [-0.3, -0.25) is 33.6 Å². The lowest BCUT2D eigenvalue weighted by Gasteiger charge is -2.25. The SMILES string of the molecule is CC.CC.CC.CC.CC.CC.CCCCCCCCC(=O)C(C)CC.CCCCCCCCC(=O)OCC(CC)CC(=O)OC.CCCCCCCCC(=O)OCC(COC(=O)CCCCCCCC)CC(=O)OCC1CCCN1C(=O)CCC(CC)CCC. The molecule has 0 saturated carbocycles. The Kier molecular flexibility index (Phi) is 101. The molecule has 0 aromatic heterocycles. The van der Waals surface area contributed by atoms with Crippen molar-refractivity contribution in [3.05, 3.63) is 0 Å². The summed E-state index contributed by atoms with van der Waals surface area (Å²) >= 11 is 0. The van der Waals surface area contributed by atoms with Crippen LogP contribution < -0.4 is 0 Å². The fraction of sp³-hybridized carbons (Fsp3) is 0.910. The van der Waals surface area contributed by atoms with Crippen molar-refractivity contribution >= 4 is 41.5 Å². The van der Waals surface area contributed by atoms with Crippen LogP contribution in [0.4, 0.5) is 0 Å². The van der Waals surface area contributed by atoms with E-state index in [9.17, 15) is 33.6 Å². The maximum Gasteiger partial charge on any atom is 0.306 e. The molecule has 1 rings (SSSR count). The molecule has 1 aliphatic heterocycles. The summed E-state index contributed by atoms with van der Waals surface area (Å²) in [6.07, 6.45) is 38.2. The third-order valence-electron chi connectivity index (χ3n) is 15.5. The zero-order valence-corrected chi connectivity index (χ0v) is 64.8. The van der Waals surface area contributed by atoms with Crippen LogP contribution in [0.3, 0.4) is 0 Å². The Bertz CT molecular complexity index is 1470. The molecule has 4 unspecified atom stereocenters. The molecule has 1 fully saturated rings. The third-order valence-corrected chi connectivity index (χ3v) is 15.5. The van der Waals surface area contributed by atoms with E-state index in [1.807, 2.05) is 102 Å². The number of Topliss-reactive ketones (excluding diaryl/α,β-unsaturated/α-hetero) is 1. The lowest BCUT2D eigenvalue weighted by Crippen LogP contribution is -2.39. The van der Waals surface area contributed by atoms with Crippen LogP contribution in [-0.4, -0.2) is 92.6 Å². The van der Waals surface area contributed by atoms with Crippen LogP contribution in [-0.2, 0) is 57.2 Å². The highest BCUT2D eigenvalue weighted by Gasteiger charge is 2.30. The Morgan fingerprint density at radius 1 is 0.374 bits per heavy atom. The molecule has 13 nitrogen and oxygen atoms in total. The van der Waals surface area contributed by atoms with E-state index in [0.717, 1.165) is 116 Å². The number of carbonyl (C=O) groups excluding carboxylic acids is 7. The predicted octanol–water partition coefficient (Wildman–Crippen LogP) is 23.1. The van der Waals surface area contributed by atoms with Gasteiger partial charge in [0.25, 0.3) is 0 Å². The average Bonchev–Trinajstić information content (AvgIpc) is 2.30. The molecule has 91 heavy (non-hydrogen) atoms. The van der Waals surface area contributed by atoms with Crippen molar-refractivity contribution in [1.29, 1.82) is 0 Å². The largest absolute Gasteiger partial charge is 0.469 e. The van der Waals surface area contributed by atoms with Gasteiger partial charge in [-0.2, -0.15) is 0 Å². The van der Waals surface area contributed by atoms with Crippen molar-refractivity contribution in [2.75, 3.05) is 40.1 Å². The molecule has 0 spiro atoms. The summed E-state index contributed by atoms with van der Waals surface area (Å²) in [5.41, 5.74) is 0. The van der Waals surface area contributed by atoms with Gasteiger partial charge in [-0.25, -0.2) is 0 Å². The van der Waals surface area contributed by atoms with Crippen LogP contribution in [0.1, 0.15) is 396 Å². The number of nitrogens with zero attached hydrogens (tertiary/aromatic N) is 1. The fourth-order valence-corrected chi connectivity index (χ4v) is 9.61. The summed E-state index contributed by atoms with van der Waals surface area (Å²) in [4.78, 5) is 86.7. The highest BCUT2D eigenvalue weighted by molar-refractivity contribution is 5.80. The van der Waals surface area contributed by atoms with E-state index >= 15 is 0 Å². The number of esters is 5. The van der Waals surface area contributed by atoms with Crippen LogP contribution in [0.5, 0.6) is 0 Å². The van der Waals surface area contributed by atoms with Gasteiger partial charge >= 0.3 is 29.8 Å². The number of carbonyl (C=O) groups is 7. The summed E-state index contributed by atoms with van der Waals surface area (Å²) in [7, 11) is 1.37. The summed E-state index contributed by atoms with van der Waals surface area (Å²) < 4.78 is 26.5. The molecule has 0 aromatic rings. The molecule has 0 aliphatic carbocycles. The van der Waals surface area contributed by atoms with E-state index in [2.05, 4.69) is 53.2 Å². The van der Waals surface area contributed by atoms with Gasteiger partial charge in [-0.1, -0.05) is 293 Å². The van der Waals surface area contributed by atoms with Crippen LogP contribution in [0.25, 0.3) is 0 Å². The monoisotopic (exact) mass is 1300 g/mol. The van der Waals surface area contributed by atoms with Gasteiger partial charge in [0.05, 0.1) is 45.8 Å². The molecule has 0 aromatic carbocycles. The Morgan fingerprint density at radius 2 is 0.725 bits per heavy atom. The minimum absolute atomic E-state index is 0.00946. The second kappa shape index (κ2) is 88.5. The Labute approximate surface area is 566 Å².